The molecule has 1 aromatic rings. The number of carbonyl (C=O) groups is 3. The van der Waals surface area contributed by atoms with Crippen LogP contribution in [0.5, 0.6) is 0 Å². The molecule has 96 valence electrons. The summed E-state index contributed by atoms with van der Waals surface area (Å²) in [6.07, 6.45) is 0. The first-order valence-electron chi connectivity index (χ1n) is 5.25. The first-order chi connectivity index (χ1) is 8.52. The van der Waals surface area contributed by atoms with Crippen LogP contribution in [-0.2, 0) is 14.3 Å². The monoisotopic (exact) mass is 250 g/mol. The molecule has 0 aliphatic rings. The zero-order valence-electron chi connectivity index (χ0n) is 10.1. The molecule has 0 saturated heterocycles. The van der Waals surface area contributed by atoms with Crippen molar-refractivity contribution in [2.75, 3.05) is 19.0 Å². The Kier molecular flexibility index (Phi) is 4.86. The van der Waals surface area contributed by atoms with E-state index >= 15 is 0 Å². The molecule has 0 fully saturated rings. The van der Waals surface area contributed by atoms with E-state index in [0.717, 1.165) is 0 Å². The van der Waals surface area contributed by atoms with Crippen LogP contribution in [-0.4, -0.2) is 31.4 Å². The van der Waals surface area contributed by atoms with E-state index in [1.165, 1.54) is 20.1 Å². The van der Waals surface area contributed by atoms with Gasteiger partial charge in [-0.25, -0.2) is 4.79 Å². The second-order valence-electron chi connectivity index (χ2n) is 3.53. The van der Waals surface area contributed by atoms with Crippen molar-refractivity contribution in [3.63, 3.8) is 0 Å². The highest BCUT2D eigenvalue weighted by Gasteiger charge is 2.07. The van der Waals surface area contributed by atoms with Crippen LogP contribution in [0, 0.1) is 0 Å². The van der Waals surface area contributed by atoms with Gasteiger partial charge < -0.3 is 15.4 Å². The number of rotatable bonds is 4. The Bertz CT molecular complexity index is 471. The zero-order valence-corrected chi connectivity index (χ0v) is 10.1. The van der Waals surface area contributed by atoms with E-state index in [0.29, 0.717) is 11.3 Å². The second-order valence-corrected chi connectivity index (χ2v) is 3.53. The number of methoxy groups -OCH3 is 1. The third-order valence-corrected chi connectivity index (χ3v) is 2.07. The number of anilines is 1. The highest BCUT2D eigenvalue weighted by atomic mass is 16.5. The van der Waals surface area contributed by atoms with Gasteiger partial charge in [-0.1, -0.05) is 6.07 Å². The normalized spacial score (nSPS) is 9.44. The van der Waals surface area contributed by atoms with Gasteiger partial charge in [0.05, 0.1) is 19.2 Å². The molecule has 0 unspecified atom stereocenters. The molecule has 0 bridgehead atoms. The van der Waals surface area contributed by atoms with Gasteiger partial charge in [-0.2, -0.15) is 0 Å². The van der Waals surface area contributed by atoms with E-state index in [-0.39, 0.29) is 18.4 Å². The SMILES string of the molecule is COC(=O)c1cccc(NC(=O)CNC(C)=O)c1. The predicted molar refractivity (Wildman–Crippen MR) is 65.1 cm³/mol. The van der Waals surface area contributed by atoms with E-state index in [1.807, 2.05) is 0 Å². The molecule has 1 rings (SSSR count). The highest BCUT2D eigenvalue weighted by Crippen LogP contribution is 2.11. The van der Waals surface area contributed by atoms with Crippen LogP contribution in [0.2, 0.25) is 0 Å². The molecule has 1 aromatic carbocycles. The Morgan fingerprint density at radius 1 is 1.28 bits per heavy atom. The molecule has 2 N–H and O–H groups in total. The molecule has 0 aliphatic carbocycles. The fraction of sp³-hybridized carbons (Fsp3) is 0.250. The number of benzene rings is 1. The average molecular weight is 250 g/mol. The van der Waals surface area contributed by atoms with Gasteiger partial charge in [0.2, 0.25) is 11.8 Å². The standard InChI is InChI=1S/C12H14N2O4/c1-8(15)13-7-11(16)14-10-5-3-4-9(6-10)12(17)18-2/h3-6H,7H2,1-2H3,(H,13,15)(H,14,16). The summed E-state index contributed by atoms with van der Waals surface area (Å²) in [6.45, 7) is 1.21. The van der Waals surface area contributed by atoms with Crippen molar-refractivity contribution >= 4 is 23.5 Å². The van der Waals surface area contributed by atoms with E-state index in [4.69, 9.17) is 0 Å². The lowest BCUT2D eigenvalue weighted by molar-refractivity contribution is -0.122. The van der Waals surface area contributed by atoms with Crippen LogP contribution in [0.3, 0.4) is 0 Å². The van der Waals surface area contributed by atoms with Crippen molar-refractivity contribution in [1.82, 2.24) is 5.32 Å². The van der Waals surface area contributed by atoms with Crippen molar-refractivity contribution in [2.45, 2.75) is 6.92 Å². The molecule has 0 aromatic heterocycles. The van der Waals surface area contributed by atoms with Crippen LogP contribution >= 0.6 is 0 Å². The zero-order chi connectivity index (χ0) is 13.5. The quantitative estimate of drug-likeness (QED) is 0.764. The number of esters is 1. The fourth-order valence-corrected chi connectivity index (χ4v) is 1.25. The minimum absolute atomic E-state index is 0.113. The van der Waals surface area contributed by atoms with E-state index in [2.05, 4.69) is 15.4 Å². The lowest BCUT2D eigenvalue weighted by Crippen LogP contribution is -2.31. The maximum Gasteiger partial charge on any atom is 0.337 e. The molecule has 6 nitrogen and oxygen atoms in total. The summed E-state index contributed by atoms with van der Waals surface area (Å²) in [7, 11) is 1.28. The highest BCUT2D eigenvalue weighted by molar-refractivity contribution is 5.96. The number of hydrogen-bond donors (Lipinski definition) is 2. The summed E-state index contributed by atoms with van der Waals surface area (Å²) in [5.41, 5.74) is 0.808. The van der Waals surface area contributed by atoms with Gasteiger partial charge in [0, 0.05) is 12.6 Å². The fourth-order valence-electron chi connectivity index (χ4n) is 1.25. The van der Waals surface area contributed by atoms with Crippen LogP contribution in [0.25, 0.3) is 0 Å². The Balaban J connectivity index is 2.64. The molecular formula is C12H14N2O4. The maximum absolute atomic E-state index is 11.4. The van der Waals surface area contributed by atoms with Gasteiger partial charge in [0.25, 0.3) is 0 Å². The van der Waals surface area contributed by atoms with Gasteiger partial charge in [0.1, 0.15) is 0 Å². The molecule has 18 heavy (non-hydrogen) atoms. The van der Waals surface area contributed by atoms with Crippen LogP contribution in [0.1, 0.15) is 17.3 Å². The van der Waals surface area contributed by atoms with Crippen LogP contribution in [0.4, 0.5) is 5.69 Å². The van der Waals surface area contributed by atoms with Crippen molar-refractivity contribution < 1.29 is 19.1 Å². The summed E-state index contributed by atoms with van der Waals surface area (Å²) in [6, 6.07) is 6.34. The Hall–Kier alpha value is -2.37. The van der Waals surface area contributed by atoms with Crippen molar-refractivity contribution in [2.24, 2.45) is 0 Å². The minimum atomic E-state index is -0.479. The second kappa shape index (κ2) is 6.39. The minimum Gasteiger partial charge on any atom is -0.465 e. The molecule has 0 aliphatic heterocycles. The first kappa shape index (κ1) is 13.7. The Labute approximate surface area is 104 Å². The topological polar surface area (TPSA) is 84.5 Å². The van der Waals surface area contributed by atoms with Crippen LogP contribution in [0.15, 0.2) is 24.3 Å². The molecular weight excluding hydrogens is 236 g/mol. The molecule has 0 spiro atoms. The van der Waals surface area contributed by atoms with Crippen molar-refractivity contribution in [3.8, 4) is 0 Å². The number of carbonyl (C=O) groups excluding carboxylic acids is 3. The number of ether oxygens (including phenoxy) is 1. The van der Waals surface area contributed by atoms with Gasteiger partial charge in [-0.15, -0.1) is 0 Å². The third kappa shape index (κ3) is 4.25. The number of hydrogen-bond acceptors (Lipinski definition) is 4. The molecule has 0 radical (unpaired) electrons. The average Bonchev–Trinajstić information content (AvgIpc) is 2.35. The van der Waals surface area contributed by atoms with Crippen molar-refractivity contribution in [1.29, 1.82) is 0 Å². The largest absolute Gasteiger partial charge is 0.465 e. The predicted octanol–water partition coefficient (Wildman–Crippen LogP) is 0.548. The van der Waals surface area contributed by atoms with Gasteiger partial charge >= 0.3 is 5.97 Å². The maximum atomic E-state index is 11.4. The summed E-state index contributed by atoms with van der Waals surface area (Å²) in [5, 5.41) is 4.93. The number of nitrogens with one attached hydrogen (secondary N) is 2. The Morgan fingerprint density at radius 3 is 2.61 bits per heavy atom. The molecule has 0 atom stereocenters. The lowest BCUT2D eigenvalue weighted by atomic mass is 10.2. The van der Waals surface area contributed by atoms with Crippen molar-refractivity contribution in [3.05, 3.63) is 29.8 Å². The third-order valence-electron chi connectivity index (χ3n) is 2.07. The first-order valence-corrected chi connectivity index (χ1v) is 5.25. The summed E-state index contributed by atoms with van der Waals surface area (Å²) >= 11 is 0. The molecule has 0 saturated carbocycles. The summed E-state index contributed by atoms with van der Waals surface area (Å²) in [5.74, 6) is -1.13. The molecule has 2 amide bonds. The lowest BCUT2D eigenvalue weighted by Gasteiger charge is -2.06. The Morgan fingerprint density at radius 2 is 2.00 bits per heavy atom. The molecule has 6 heteroatoms. The van der Waals surface area contributed by atoms with E-state index in [9.17, 15) is 14.4 Å². The van der Waals surface area contributed by atoms with E-state index in [1.54, 1.807) is 18.2 Å². The van der Waals surface area contributed by atoms with Gasteiger partial charge in [-0.3, -0.25) is 9.59 Å². The van der Waals surface area contributed by atoms with Crippen LogP contribution < -0.4 is 10.6 Å². The molecule has 0 heterocycles. The summed E-state index contributed by atoms with van der Waals surface area (Å²) in [4.78, 5) is 33.3. The summed E-state index contributed by atoms with van der Waals surface area (Å²) < 4.78 is 4.57. The smallest absolute Gasteiger partial charge is 0.337 e. The number of amides is 2. The van der Waals surface area contributed by atoms with E-state index < -0.39 is 5.97 Å². The van der Waals surface area contributed by atoms with Gasteiger partial charge in [-0.05, 0) is 18.2 Å². The van der Waals surface area contributed by atoms with Gasteiger partial charge in [0.15, 0.2) is 0 Å².